The van der Waals surface area contributed by atoms with Gasteiger partial charge in [-0.25, -0.2) is 9.78 Å². The number of rotatable bonds is 15. The van der Waals surface area contributed by atoms with E-state index < -0.39 is 292 Å². The first-order chi connectivity index (χ1) is 43.9. The number of aromatic amines is 1. The van der Waals surface area contributed by atoms with Crippen LogP contribution < -0.4 is 10.6 Å². The first-order valence-corrected chi connectivity index (χ1v) is 29.4. The predicted molar refractivity (Wildman–Crippen MR) is 281 cm³/mol. The average Bonchev–Trinajstić information content (AvgIpc) is 0.921. The van der Waals surface area contributed by atoms with E-state index in [4.69, 9.17) is 66.3 Å². The van der Waals surface area contributed by atoms with Crippen molar-refractivity contribution in [2.75, 3.05) is 52.8 Å². The molecule has 1 amide bonds. The number of aliphatic hydroxyl groups is 20. The third-order valence-corrected chi connectivity index (χ3v) is 17.2. The topological polar surface area (TPSA) is 641 Å². The quantitative estimate of drug-likeness (QED) is 0.0775. The summed E-state index contributed by atoms with van der Waals surface area (Å²) in [6, 6.07) is -3.17. The molecule has 41 nitrogen and oxygen atoms in total. The van der Waals surface area contributed by atoms with E-state index in [1.54, 1.807) is 0 Å². The molecule has 1 aromatic heterocycles. The Bertz CT molecular complexity index is 2440. The number of nitrogens with zero attached hydrogens (tertiary/aromatic N) is 1. The molecule has 528 valence electrons. The van der Waals surface area contributed by atoms with Gasteiger partial charge in [0, 0.05) is 31.3 Å². The van der Waals surface area contributed by atoms with Gasteiger partial charge in [0.2, 0.25) is 5.91 Å². The van der Waals surface area contributed by atoms with E-state index in [2.05, 4.69) is 20.6 Å². The Balaban J connectivity index is 1.01. The number of amides is 1. The Morgan fingerprint density at radius 1 is 0.391 bits per heavy atom. The molecule has 0 aliphatic carbocycles. The van der Waals surface area contributed by atoms with Gasteiger partial charge in [-0.2, -0.15) is 0 Å². The Hall–Kier alpha value is -3.25. The second-order valence-corrected chi connectivity index (χ2v) is 23.1. The van der Waals surface area contributed by atoms with Crippen LogP contribution in [0.3, 0.4) is 0 Å². The normalized spacial score (nSPS) is 48.5. The monoisotopic (exact) mass is 1340 g/mol. The van der Waals surface area contributed by atoms with Crippen molar-refractivity contribution in [2.45, 2.75) is 234 Å². The molecular formula is C51H82N4O37. The van der Waals surface area contributed by atoms with E-state index in [0.717, 1.165) is 0 Å². The fourth-order valence-corrected chi connectivity index (χ4v) is 12.1. The zero-order chi connectivity index (χ0) is 66.7. The van der Waals surface area contributed by atoms with Crippen LogP contribution in [0.2, 0.25) is 0 Å². The summed E-state index contributed by atoms with van der Waals surface area (Å²) < 4.78 is 81.3. The van der Waals surface area contributed by atoms with Gasteiger partial charge in [-0.3, -0.25) is 4.79 Å². The van der Waals surface area contributed by atoms with Gasteiger partial charge in [-0.05, 0) is 0 Å². The summed E-state index contributed by atoms with van der Waals surface area (Å²) in [7, 11) is 0. The smallest absolute Gasteiger partial charge is 0.326 e. The molecule has 0 spiro atoms. The van der Waals surface area contributed by atoms with Gasteiger partial charge in [-0.15, -0.1) is 0 Å². The third-order valence-electron chi connectivity index (χ3n) is 17.2. The Labute approximate surface area is 519 Å². The van der Waals surface area contributed by atoms with Crippen molar-refractivity contribution in [1.29, 1.82) is 0 Å². The van der Waals surface area contributed by atoms with Crippen LogP contribution in [0.1, 0.15) is 12.1 Å². The number of aliphatic hydroxyl groups excluding tert-OH is 20. The number of hydrogen-bond donors (Lipinski definition) is 24. The first-order valence-electron chi connectivity index (χ1n) is 29.4. The van der Waals surface area contributed by atoms with E-state index in [-0.39, 0.29) is 6.42 Å². The predicted octanol–water partition coefficient (Wildman–Crippen LogP) is -15.7. The van der Waals surface area contributed by atoms with Crippen LogP contribution in [0.25, 0.3) is 0 Å². The molecule has 21 saturated heterocycles. The van der Waals surface area contributed by atoms with Crippen molar-refractivity contribution in [3.05, 3.63) is 18.2 Å². The largest absolute Gasteiger partial charge is 0.480 e. The highest BCUT2D eigenvalue weighted by molar-refractivity contribution is 5.83. The van der Waals surface area contributed by atoms with E-state index in [1.165, 1.54) is 12.5 Å². The molecule has 22 rings (SSSR count). The third kappa shape index (κ3) is 15.4. The number of hydrogen-bond acceptors (Lipinski definition) is 38. The second kappa shape index (κ2) is 32.0. The maximum Gasteiger partial charge on any atom is 0.326 e. The van der Waals surface area contributed by atoms with E-state index in [0.29, 0.717) is 5.69 Å². The van der Waals surface area contributed by atoms with Crippen molar-refractivity contribution >= 4 is 11.9 Å². The van der Waals surface area contributed by atoms with Gasteiger partial charge in [0.05, 0.1) is 58.6 Å². The van der Waals surface area contributed by atoms with Gasteiger partial charge in [0.15, 0.2) is 44.0 Å². The molecule has 1 unspecified atom stereocenters. The lowest BCUT2D eigenvalue weighted by Crippen LogP contribution is -2.70. The second-order valence-electron chi connectivity index (χ2n) is 23.1. The maximum absolute atomic E-state index is 13.3. The van der Waals surface area contributed by atoms with E-state index in [9.17, 15) is 117 Å². The number of nitrogens with one attached hydrogen (secondary N) is 3. The fraction of sp³-hybridized carbons (Fsp3) is 0.902. The number of imidazole rings is 1. The lowest BCUT2D eigenvalue weighted by Gasteiger charge is -2.50. The summed E-state index contributed by atoms with van der Waals surface area (Å²) in [6.45, 7) is -8.06. The van der Waals surface area contributed by atoms with Crippen LogP contribution in [0.4, 0.5) is 0 Å². The average molecular weight is 1340 g/mol. The molecular weight excluding hydrogens is 1260 g/mol. The number of ether oxygens (including phenoxy) is 14. The number of carbonyl (C=O) groups excluding carboxylic acids is 1. The molecule has 21 aliphatic rings. The van der Waals surface area contributed by atoms with Gasteiger partial charge in [0.25, 0.3) is 0 Å². The zero-order valence-electron chi connectivity index (χ0n) is 48.4. The molecule has 0 saturated carbocycles. The first kappa shape index (κ1) is 73.0. The molecule has 21 aliphatic heterocycles. The minimum Gasteiger partial charge on any atom is -0.480 e. The van der Waals surface area contributed by atoms with Gasteiger partial charge in [0.1, 0.15) is 171 Å². The van der Waals surface area contributed by atoms with Crippen LogP contribution >= 0.6 is 0 Å². The summed E-state index contributed by atoms with van der Waals surface area (Å²) in [6.07, 6.45) is -67.6. The summed E-state index contributed by atoms with van der Waals surface area (Å²) in [5, 5.41) is 239. The fourth-order valence-electron chi connectivity index (χ4n) is 12.1. The Morgan fingerprint density at radius 2 is 0.652 bits per heavy atom. The van der Waals surface area contributed by atoms with Crippen LogP contribution in [0, 0.1) is 0 Å². The van der Waals surface area contributed by atoms with E-state index >= 15 is 0 Å². The van der Waals surface area contributed by atoms with Crippen molar-refractivity contribution in [1.82, 2.24) is 20.6 Å². The van der Waals surface area contributed by atoms with Crippen LogP contribution in [-0.4, -0.2) is 403 Å². The van der Waals surface area contributed by atoms with Crippen molar-refractivity contribution in [3.8, 4) is 0 Å². The van der Waals surface area contributed by atoms with Crippen molar-refractivity contribution in [2.24, 2.45) is 0 Å². The Morgan fingerprint density at radius 3 is 0.902 bits per heavy atom. The SMILES string of the molecule is O=C(CCN[C@H]1[C@H](O)[C@@H]2O[C@@H]3[C@@H](O)[C@H](O)[C@H](O[C@@H]4[C@@H](O)[C@H](O)[C@H](O[C@@H]5[C@@H](O)[C@H](O)[C@H](O[C@@H]6[C@@H](O)[C@H](O)[C@H](O[C@@H]7[C@@H](O)[C@H](O)[C@H](O[C@@H]8[C@@H](O)[C@H](O)[C@H](O[C@H]1[C@H](CO)O2)O[C@H]8CO)O[C@H]7CO)O[C@H]6CO)O[C@H]5CO)O[C@H]4CO)O[C@H]3CO)NC(Cc1cnc[nH]1)C(=O)O. The number of carbonyl (C=O) groups is 2. The number of aromatic nitrogens is 2. The maximum atomic E-state index is 13.3. The number of aliphatic carboxylic acids is 1. The molecule has 22 heterocycles. The standard InChI is InChI=1S/C51H82N4O37/c56-5-15-37-23(53-2-1-22(63)55-14(44(77)78)3-13-4-52-12-54-13)24(64)45(79-15)87-38-16(6-57)81-47(32(72)26(38)66)89-40-18(8-59)83-49(34(74)28(40)68)91-42-20(10-61)85-51(36(76)30(42)70)92-43-21(11-62)84-50(35(75)29(43)69)90-41-19(9-60)82-48(33(73)27(41)67)88-39-17(7-58)80-46(86-37)31(71)25(39)65/h4,12,14-21,23-43,45-51,53,56-62,64-76H,1-3,5-11H2,(H,52,54)(H,55,63)(H,77,78)/t14?,15-,16-,17-,18-,19-,20-,21-,23-,24-,25-,26-,27-,28-,29-,30-,31-,32-,33-,34-,35-,36-,37-,38-,39-,40-,41-,42-,43-,45-,46-,47-,48-,49-,50-,51-/m0/s1. The van der Waals surface area contributed by atoms with Gasteiger partial charge in [-0.1, -0.05) is 0 Å². The minimum absolute atomic E-state index is 0.222. The van der Waals surface area contributed by atoms with Gasteiger partial charge < -0.3 is 189 Å². The molecule has 0 aromatic carbocycles. The summed E-state index contributed by atoms with van der Waals surface area (Å²) in [4.78, 5) is 32.0. The molecule has 36 atom stereocenters. The molecule has 21 fully saturated rings. The molecule has 41 heteroatoms. The van der Waals surface area contributed by atoms with Crippen LogP contribution in [-0.2, 0) is 82.3 Å². The minimum atomic E-state index is -2.27. The van der Waals surface area contributed by atoms with Crippen LogP contribution in [0.15, 0.2) is 12.5 Å². The number of H-pyrrole nitrogens is 1. The van der Waals surface area contributed by atoms with Crippen LogP contribution in [0.5, 0.6) is 0 Å². The molecule has 24 N–H and O–H groups in total. The molecule has 14 bridgehead atoms. The highest BCUT2D eigenvalue weighted by Crippen LogP contribution is 2.39. The Kier molecular flexibility index (Phi) is 25.4. The number of carboxylic acid groups (broad SMARTS) is 1. The molecule has 0 radical (unpaired) electrons. The van der Waals surface area contributed by atoms with Gasteiger partial charge >= 0.3 is 5.97 Å². The highest BCUT2D eigenvalue weighted by Gasteiger charge is 2.60. The van der Waals surface area contributed by atoms with Crippen molar-refractivity contribution in [3.63, 3.8) is 0 Å². The molecule has 92 heavy (non-hydrogen) atoms. The molecule has 1 aromatic rings. The zero-order valence-corrected chi connectivity index (χ0v) is 48.4. The summed E-state index contributed by atoms with van der Waals surface area (Å²) in [5.41, 5.74) is 0.352. The highest BCUT2D eigenvalue weighted by atomic mass is 16.8. The van der Waals surface area contributed by atoms with E-state index in [1.807, 2.05) is 0 Å². The lowest BCUT2D eigenvalue weighted by atomic mass is 9.93. The summed E-state index contributed by atoms with van der Waals surface area (Å²) in [5.74, 6) is -2.28. The number of carboxylic acids is 1. The summed E-state index contributed by atoms with van der Waals surface area (Å²) >= 11 is 0. The van der Waals surface area contributed by atoms with Crippen molar-refractivity contribution < 1.29 is 183 Å². The lowest BCUT2D eigenvalue weighted by molar-refractivity contribution is -0.396.